The van der Waals surface area contributed by atoms with Crippen LogP contribution in [0.2, 0.25) is 0 Å². The van der Waals surface area contributed by atoms with Gasteiger partial charge < -0.3 is 5.73 Å². The summed E-state index contributed by atoms with van der Waals surface area (Å²) >= 11 is 0. The summed E-state index contributed by atoms with van der Waals surface area (Å²) in [6.07, 6.45) is 0. The molecule has 0 atom stereocenters. The van der Waals surface area contributed by atoms with Gasteiger partial charge in [0.05, 0.1) is 0 Å². The van der Waals surface area contributed by atoms with Crippen molar-refractivity contribution in [1.29, 1.82) is 0 Å². The molecule has 0 fully saturated rings. The Morgan fingerprint density at radius 1 is 1.06 bits per heavy atom. The highest BCUT2D eigenvalue weighted by molar-refractivity contribution is 5.94. The van der Waals surface area contributed by atoms with E-state index in [1.807, 2.05) is 24.3 Å². The van der Waals surface area contributed by atoms with Gasteiger partial charge in [-0.25, -0.2) is 0 Å². The van der Waals surface area contributed by atoms with Crippen molar-refractivity contribution in [3.63, 3.8) is 0 Å². The number of carbonyl (C=O) groups is 1. The van der Waals surface area contributed by atoms with E-state index in [-0.39, 0.29) is 5.91 Å². The first-order valence-corrected chi connectivity index (χ1v) is 5.83. The molecule has 88 valence electrons. The maximum Gasteiger partial charge on any atom is 0.248 e. The van der Waals surface area contributed by atoms with Crippen LogP contribution in [0.1, 0.15) is 49.5 Å². The summed E-state index contributed by atoms with van der Waals surface area (Å²) in [5.41, 5.74) is 7.16. The van der Waals surface area contributed by atoms with Crippen LogP contribution in [0.3, 0.4) is 0 Å². The lowest BCUT2D eigenvalue weighted by atomic mass is 9.78. The fourth-order valence-corrected chi connectivity index (χ4v) is 2.50. The van der Waals surface area contributed by atoms with E-state index in [4.69, 9.17) is 5.73 Å². The van der Waals surface area contributed by atoms with E-state index in [9.17, 15) is 4.79 Å². The summed E-state index contributed by atoms with van der Waals surface area (Å²) < 4.78 is 0. The van der Waals surface area contributed by atoms with E-state index in [1.54, 1.807) is 0 Å². The molecular weight excluding hydrogens is 198 g/mol. The van der Waals surface area contributed by atoms with Crippen LogP contribution in [0.4, 0.5) is 0 Å². The molecule has 2 heteroatoms. The van der Waals surface area contributed by atoms with Crippen LogP contribution in [-0.4, -0.2) is 5.91 Å². The first kappa shape index (κ1) is 12.8. The van der Waals surface area contributed by atoms with Gasteiger partial charge in [0.25, 0.3) is 0 Å². The van der Waals surface area contributed by atoms with Crippen molar-refractivity contribution in [3.8, 4) is 0 Å². The topological polar surface area (TPSA) is 43.1 Å². The molecule has 0 heterocycles. The number of hydrogen-bond donors (Lipinski definition) is 1. The van der Waals surface area contributed by atoms with Gasteiger partial charge in [-0.2, -0.15) is 0 Å². The molecule has 0 aliphatic rings. The zero-order chi connectivity index (χ0) is 12.3. The lowest BCUT2D eigenvalue weighted by Gasteiger charge is -2.26. The molecule has 0 bridgehead atoms. The molecular formula is C14H21NO. The van der Waals surface area contributed by atoms with Crippen molar-refractivity contribution in [2.45, 2.75) is 33.6 Å². The molecule has 0 aliphatic carbocycles. The molecule has 2 nitrogen and oxygen atoms in total. The SMILES string of the molecule is CC(C)C(c1ccccc1C(N)=O)C(C)C. The normalized spacial score (nSPS) is 11.4. The highest BCUT2D eigenvalue weighted by atomic mass is 16.1. The van der Waals surface area contributed by atoms with Crippen LogP contribution in [0.5, 0.6) is 0 Å². The van der Waals surface area contributed by atoms with Crippen molar-refractivity contribution in [2.24, 2.45) is 17.6 Å². The molecule has 0 aliphatic heterocycles. The summed E-state index contributed by atoms with van der Waals surface area (Å²) in [4.78, 5) is 11.4. The first-order valence-electron chi connectivity index (χ1n) is 5.83. The van der Waals surface area contributed by atoms with Gasteiger partial charge >= 0.3 is 0 Å². The van der Waals surface area contributed by atoms with Gasteiger partial charge in [0.15, 0.2) is 0 Å². The second kappa shape index (κ2) is 5.15. The van der Waals surface area contributed by atoms with Crippen molar-refractivity contribution >= 4 is 5.91 Å². The molecule has 0 aromatic heterocycles. The summed E-state index contributed by atoms with van der Waals surface area (Å²) in [6, 6.07) is 7.67. The Hall–Kier alpha value is -1.31. The fourth-order valence-electron chi connectivity index (χ4n) is 2.50. The van der Waals surface area contributed by atoms with Gasteiger partial charge in [0.1, 0.15) is 0 Å². The molecule has 2 N–H and O–H groups in total. The maximum absolute atomic E-state index is 11.4. The molecule has 1 aromatic carbocycles. The number of rotatable bonds is 4. The number of hydrogen-bond acceptors (Lipinski definition) is 1. The maximum atomic E-state index is 11.4. The third kappa shape index (κ3) is 2.63. The van der Waals surface area contributed by atoms with Crippen molar-refractivity contribution < 1.29 is 4.79 Å². The standard InChI is InChI=1S/C14H21NO/c1-9(2)13(10(3)4)11-7-5-6-8-12(11)14(15)16/h5-10,13H,1-4H3,(H2,15,16). The van der Waals surface area contributed by atoms with E-state index in [1.165, 1.54) is 0 Å². The molecule has 0 spiro atoms. The molecule has 0 saturated carbocycles. The predicted octanol–water partition coefficient (Wildman–Crippen LogP) is 3.18. The minimum Gasteiger partial charge on any atom is -0.366 e. The average molecular weight is 219 g/mol. The molecule has 1 rings (SSSR count). The first-order chi connectivity index (χ1) is 7.45. The average Bonchev–Trinajstić information content (AvgIpc) is 2.17. The molecule has 0 radical (unpaired) electrons. The number of nitrogens with two attached hydrogens (primary N) is 1. The zero-order valence-electron chi connectivity index (χ0n) is 10.5. The fraction of sp³-hybridized carbons (Fsp3) is 0.500. The highest BCUT2D eigenvalue weighted by Crippen LogP contribution is 2.33. The number of amides is 1. The second-order valence-corrected chi connectivity index (χ2v) is 4.97. The lowest BCUT2D eigenvalue weighted by molar-refractivity contribution is 0.0998. The van der Waals surface area contributed by atoms with E-state index < -0.39 is 0 Å². The largest absolute Gasteiger partial charge is 0.366 e. The zero-order valence-corrected chi connectivity index (χ0v) is 10.5. The predicted molar refractivity (Wildman–Crippen MR) is 67.4 cm³/mol. The second-order valence-electron chi connectivity index (χ2n) is 4.97. The van der Waals surface area contributed by atoms with Crippen LogP contribution in [0.25, 0.3) is 0 Å². The van der Waals surface area contributed by atoms with Crippen molar-refractivity contribution in [2.75, 3.05) is 0 Å². The van der Waals surface area contributed by atoms with Crippen LogP contribution < -0.4 is 5.73 Å². The van der Waals surface area contributed by atoms with Crippen LogP contribution in [0.15, 0.2) is 24.3 Å². The summed E-state index contributed by atoms with van der Waals surface area (Å²) in [6.45, 7) is 8.73. The molecule has 16 heavy (non-hydrogen) atoms. The van der Waals surface area contributed by atoms with Crippen LogP contribution in [0, 0.1) is 11.8 Å². The van der Waals surface area contributed by atoms with E-state index in [0.717, 1.165) is 5.56 Å². The monoisotopic (exact) mass is 219 g/mol. The van der Waals surface area contributed by atoms with Gasteiger partial charge in [0, 0.05) is 5.56 Å². The molecule has 0 saturated heterocycles. The molecule has 0 unspecified atom stereocenters. The Labute approximate surface area is 97.9 Å². The number of carbonyl (C=O) groups excluding carboxylic acids is 1. The van der Waals surface area contributed by atoms with Gasteiger partial charge in [0.2, 0.25) is 5.91 Å². The van der Waals surface area contributed by atoms with Crippen molar-refractivity contribution in [1.82, 2.24) is 0 Å². The summed E-state index contributed by atoms with van der Waals surface area (Å²) in [5, 5.41) is 0. The van der Waals surface area contributed by atoms with Crippen molar-refractivity contribution in [3.05, 3.63) is 35.4 Å². The lowest BCUT2D eigenvalue weighted by Crippen LogP contribution is -2.20. The number of benzene rings is 1. The Bertz CT molecular complexity index is 361. The van der Waals surface area contributed by atoms with Gasteiger partial charge in [-0.3, -0.25) is 4.79 Å². The van der Waals surface area contributed by atoms with Gasteiger partial charge in [-0.15, -0.1) is 0 Å². The Balaban J connectivity index is 3.23. The Morgan fingerprint density at radius 3 is 2.00 bits per heavy atom. The summed E-state index contributed by atoms with van der Waals surface area (Å²) in [5.74, 6) is 1.05. The summed E-state index contributed by atoms with van der Waals surface area (Å²) in [7, 11) is 0. The number of primary amides is 1. The van der Waals surface area contributed by atoms with E-state index in [2.05, 4.69) is 27.7 Å². The Kier molecular flexibility index (Phi) is 4.11. The third-order valence-corrected chi connectivity index (χ3v) is 3.02. The minimum atomic E-state index is -0.332. The van der Waals surface area contributed by atoms with E-state index >= 15 is 0 Å². The van der Waals surface area contributed by atoms with Crippen LogP contribution in [-0.2, 0) is 0 Å². The van der Waals surface area contributed by atoms with E-state index in [0.29, 0.717) is 23.3 Å². The highest BCUT2D eigenvalue weighted by Gasteiger charge is 2.23. The minimum absolute atomic E-state index is 0.332. The molecule has 1 amide bonds. The quantitative estimate of drug-likeness (QED) is 0.830. The van der Waals surface area contributed by atoms with Gasteiger partial charge in [-0.1, -0.05) is 45.9 Å². The molecule has 1 aromatic rings. The van der Waals surface area contributed by atoms with Crippen LogP contribution >= 0.6 is 0 Å². The third-order valence-electron chi connectivity index (χ3n) is 3.02. The smallest absolute Gasteiger partial charge is 0.248 e. The van der Waals surface area contributed by atoms with Gasteiger partial charge in [-0.05, 0) is 29.4 Å². The Morgan fingerprint density at radius 2 is 1.56 bits per heavy atom.